The van der Waals surface area contributed by atoms with Crippen LogP contribution in [0.15, 0.2) is 42.9 Å². The van der Waals surface area contributed by atoms with Gasteiger partial charge in [0.2, 0.25) is 5.91 Å². The molecule has 40 heavy (non-hydrogen) atoms. The monoisotopic (exact) mass is 545 g/mol. The van der Waals surface area contributed by atoms with E-state index in [-0.39, 0.29) is 29.6 Å². The van der Waals surface area contributed by atoms with Crippen molar-refractivity contribution < 1.29 is 19.2 Å². The number of hydrogen-bond acceptors (Lipinski definition) is 6. The summed E-state index contributed by atoms with van der Waals surface area (Å²) in [5.41, 5.74) is 2.47. The van der Waals surface area contributed by atoms with E-state index in [9.17, 15) is 19.2 Å². The Balaban J connectivity index is 1.13. The van der Waals surface area contributed by atoms with Gasteiger partial charge in [-0.2, -0.15) is 5.10 Å². The Bertz CT molecular complexity index is 1420. The average Bonchev–Trinajstić information content (AvgIpc) is 3.58. The minimum atomic E-state index is -0.846. The van der Waals surface area contributed by atoms with Gasteiger partial charge in [-0.25, -0.2) is 4.79 Å². The number of carbonyl (C=O) groups is 4. The van der Waals surface area contributed by atoms with Crippen LogP contribution in [0.25, 0.3) is 0 Å². The molecule has 2 aromatic rings. The van der Waals surface area contributed by atoms with Crippen LogP contribution in [0.1, 0.15) is 78.8 Å². The standard InChI is InChI=1S/C29H35N7O4/c1-17-8-9-23(25(37)32-17)36-26(38)21-6-5-7-22(24(21)27(36)39)30-13-18-14-31-35(15-18)19-10-11-33-20(12-19)16-34(28(33)40)29(2,3)4/h5-7,14-15,19-20,23,30H,1,8-13,16H2,2-4H3,(H,32,37). The number of hydrogen-bond donors (Lipinski definition) is 2. The molecule has 2 N–H and O–H groups in total. The number of amides is 5. The number of nitrogens with one attached hydrogen (secondary N) is 2. The van der Waals surface area contributed by atoms with Crippen molar-refractivity contribution >= 4 is 29.4 Å². The fourth-order valence-corrected chi connectivity index (χ4v) is 6.31. The van der Waals surface area contributed by atoms with Gasteiger partial charge in [0, 0.05) is 48.3 Å². The molecular formula is C29H35N7O4. The van der Waals surface area contributed by atoms with E-state index < -0.39 is 17.9 Å². The van der Waals surface area contributed by atoms with Gasteiger partial charge in [0.05, 0.1) is 29.4 Å². The third-order valence-corrected chi connectivity index (χ3v) is 8.46. The van der Waals surface area contributed by atoms with E-state index in [1.54, 1.807) is 18.2 Å². The zero-order chi connectivity index (χ0) is 28.3. The van der Waals surface area contributed by atoms with Crippen LogP contribution in [-0.4, -0.2) is 78.9 Å². The Morgan fingerprint density at radius 2 is 1.90 bits per heavy atom. The second-order valence-electron chi connectivity index (χ2n) is 12.1. The minimum absolute atomic E-state index is 0.123. The number of nitrogens with zero attached hydrogens (tertiary/aromatic N) is 5. The predicted octanol–water partition coefficient (Wildman–Crippen LogP) is 3.12. The van der Waals surface area contributed by atoms with Crippen molar-refractivity contribution in [3.63, 3.8) is 0 Å². The molecular weight excluding hydrogens is 510 g/mol. The molecule has 1 aromatic heterocycles. The van der Waals surface area contributed by atoms with Crippen LogP contribution < -0.4 is 10.6 Å². The third kappa shape index (κ3) is 4.33. The summed E-state index contributed by atoms with van der Waals surface area (Å²) in [6.45, 7) is 11.8. The molecule has 3 fully saturated rings. The Morgan fingerprint density at radius 3 is 2.65 bits per heavy atom. The summed E-state index contributed by atoms with van der Waals surface area (Å²) in [4.78, 5) is 57.0. The van der Waals surface area contributed by atoms with Gasteiger partial charge in [-0.1, -0.05) is 12.6 Å². The normalized spacial score (nSPS) is 24.9. The van der Waals surface area contributed by atoms with E-state index >= 15 is 0 Å². The lowest BCUT2D eigenvalue weighted by Crippen LogP contribution is -2.51. The Morgan fingerprint density at radius 1 is 1.10 bits per heavy atom. The number of fused-ring (bicyclic) bond motifs is 2. The summed E-state index contributed by atoms with van der Waals surface area (Å²) in [6.07, 6.45) is 6.39. The molecule has 1 aromatic carbocycles. The fraction of sp³-hybridized carbons (Fsp3) is 0.483. The van der Waals surface area contributed by atoms with Crippen LogP contribution in [0.3, 0.4) is 0 Å². The molecule has 11 nitrogen and oxygen atoms in total. The second-order valence-corrected chi connectivity index (χ2v) is 12.1. The van der Waals surface area contributed by atoms with Crippen LogP contribution in [-0.2, 0) is 11.3 Å². The smallest absolute Gasteiger partial charge is 0.320 e. The highest BCUT2D eigenvalue weighted by Crippen LogP contribution is 2.35. The first-order valence-electron chi connectivity index (χ1n) is 13.9. The van der Waals surface area contributed by atoms with Crippen molar-refractivity contribution in [3.8, 4) is 0 Å². The Labute approximate surface area is 233 Å². The van der Waals surface area contributed by atoms with Crippen molar-refractivity contribution in [3.05, 3.63) is 59.6 Å². The highest BCUT2D eigenvalue weighted by Gasteiger charge is 2.46. The van der Waals surface area contributed by atoms with E-state index in [1.807, 2.05) is 26.9 Å². The SMILES string of the molecule is C=C1CCC(N2C(=O)c3cccc(NCc4cnn(C5CCN6C(=O)N(C(C)(C)C)CC6C5)c4)c3C2=O)C(=O)N1. The number of allylic oxidation sites excluding steroid dienone is 1. The van der Waals surface area contributed by atoms with Crippen molar-refractivity contribution in [1.29, 1.82) is 0 Å². The van der Waals surface area contributed by atoms with Crippen LogP contribution in [0.5, 0.6) is 0 Å². The van der Waals surface area contributed by atoms with Gasteiger partial charge in [0.25, 0.3) is 11.8 Å². The number of rotatable bonds is 5. The maximum atomic E-state index is 13.4. The van der Waals surface area contributed by atoms with Crippen molar-refractivity contribution in [2.24, 2.45) is 0 Å². The summed E-state index contributed by atoms with van der Waals surface area (Å²) in [6, 6.07) is 4.79. The van der Waals surface area contributed by atoms with Gasteiger partial charge >= 0.3 is 6.03 Å². The molecule has 11 heteroatoms. The van der Waals surface area contributed by atoms with E-state index in [1.165, 1.54) is 0 Å². The van der Waals surface area contributed by atoms with Gasteiger partial charge in [-0.3, -0.25) is 24.0 Å². The fourth-order valence-electron chi connectivity index (χ4n) is 6.31. The maximum absolute atomic E-state index is 13.4. The van der Waals surface area contributed by atoms with E-state index in [4.69, 9.17) is 0 Å². The Hall–Kier alpha value is -4.15. The molecule has 0 bridgehead atoms. The lowest BCUT2D eigenvalue weighted by Gasteiger charge is -2.33. The average molecular weight is 546 g/mol. The molecule has 3 saturated heterocycles. The summed E-state index contributed by atoms with van der Waals surface area (Å²) < 4.78 is 1.99. The predicted molar refractivity (Wildman–Crippen MR) is 147 cm³/mol. The van der Waals surface area contributed by atoms with Gasteiger partial charge in [0.1, 0.15) is 6.04 Å². The summed E-state index contributed by atoms with van der Waals surface area (Å²) >= 11 is 0. The highest BCUT2D eigenvalue weighted by molar-refractivity contribution is 6.25. The lowest BCUT2D eigenvalue weighted by atomic mass is 9.98. The Kier molecular flexibility index (Phi) is 6.19. The zero-order valence-electron chi connectivity index (χ0n) is 23.1. The van der Waals surface area contributed by atoms with Gasteiger partial charge in [-0.15, -0.1) is 0 Å². The third-order valence-electron chi connectivity index (χ3n) is 8.46. The molecule has 0 spiro atoms. The van der Waals surface area contributed by atoms with Gasteiger partial charge in [-0.05, 0) is 58.6 Å². The molecule has 3 unspecified atom stereocenters. The molecule has 3 atom stereocenters. The number of carbonyl (C=O) groups excluding carboxylic acids is 4. The van der Waals surface area contributed by atoms with Gasteiger partial charge in [0.15, 0.2) is 0 Å². The number of imide groups is 1. The van der Waals surface area contributed by atoms with E-state index in [0.29, 0.717) is 48.4 Å². The van der Waals surface area contributed by atoms with Crippen LogP contribution in [0.2, 0.25) is 0 Å². The summed E-state index contributed by atoms with van der Waals surface area (Å²) in [5.74, 6) is -1.30. The van der Waals surface area contributed by atoms with E-state index in [0.717, 1.165) is 29.8 Å². The molecule has 0 saturated carbocycles. The second kappa shape index (κ2) is 9.50. The zero-order valence-corrected chi connectivity index (χ0v) is 23.1. The molecule has 0 aliphatic carbocycles. The van der Waals surface area contributed by atoms with Crippen molar-refractivity contribution in [2.45, 2.75) is 76.7 Å². The van der Waals surface area contributed by atoms with E-state index in [2.05, 4.69) is 43.1 Å². The lowest BCUT2D eigenvalue weighted by molar-refractivity contribution is -0.125. The number of aromatic nitrogens is 2. The highest BCUT2D eigenvalue weighted by atomic mass is 16.2. The van der Waals surface area contributed by atoms with Crippen LogP contribution in [0, 0.1) is 0 Å². The van der Waals surface area contributed by atoms with Crippen molar-refractivity contribution in [2.75, 3.05) is 18.4 Å². The molecule has 5 heterocycles. The topological polar surface area (TPSA) is 120 Å². The molecule has 4 aliphatic rings. The summed E-state index contributed by atoms with van der Waals surface area (Å²) in [5, 5.41) is 10.6. The minimum Gasteiger partial charge on any atom is -0.380 e. The first kappa shape index (κ1) is 26.1. The van der Waals surface area contributed by atoms with Crippen LogP contribution in [0.4, 0.5) is 10.5 Å². The maximum Gasteiger partial charge on any atom is 0.320 e. The molecule has 0 radical (unpaired) electrons. The molecule has 6 rings (SSSR count). The summed E-state index contributed by atoms with van der Waals surface area (Å²) in [7, 11) is 0. The first-order valence-corrected chi connectivity index (χ1v) is 13.9. The molecule has 5 amide bonds. The largest absolute Gasteiger partial charge is 0.380 e. The quantitative estimate of drug-likeness (QED) is 0.557. The molecule has 210 valence electrons. The van der Waals surface area contributed by atoms with Gasteiger partial charge < -0.3 is 20.4 Å². The van der Waals surface area contributed by atoms with Crippen LogP contribution >= 0.6 is 0 Å². The van der Waals surface area contributed by atoms with Crippen molar-refractivity contribution in [1.82, 2.24) is 29.8 Å². The number of piperidine rings is 2. The first-order chi connectivity index (χ1) is 19.0. The molecule has 4 aliphatic heterocycles. The number of benzene rings is 1. The number of urea groups is 1. The number of anilines is 1.